The van der Waals surface area contributed by atoms with Gasteiger partial charge < -0.3 is 14.6 Å². The summed E-state index contributed by atoms with van der Waals surface area (Å²) >= 11 is 0. The van der Waals surface area contributed by atoms with Crippen molar-refractivity contribution in [1.29, 1.82) is 0 Å². The summed E-state index contributed by atoms with van der Waals surface area (Å²) in [6.45, 7) is 4.37. The van der Waals surface area contributed by atoms with E-state index in [9.17, 15) is 0 Å². The van der Waals surface area contributed by atoms with Crippen molar-refractivity contribution < 1.29 is 9.26 Å². The van der Waals surface area contributed by atoms with E-state index in [0.717, 1.165) is 60.6 Å². The van der Waals surface area contributed by atoms with Crippen LogP contribution in [-0.2, 0) is 17.7 Å². The minimum atomic E-state index is 0.353. The fourth-order valence-corrected chi connectivity index (χ4v) is 3.76. The number of rotatable bonds is 6. The van der Waals surface area contributed by atoms with Crippen LogP contribution in [0.1, 0.15) is 31.2 Å². The van der Waals surface area contributed by atoms with Gasteiger partial charge in [-0.3, -0.25) is 0 Å². The molecule has 4 heterocycles. The van der Waals surface area contributed by atoms with Crippen LogP contribution >= 0.6 is 0 Å². The second-order valence-corrected chi connectivity index (χ2v) is 7.47. The van der Waals surface area contributed by atoms with Crippen molar-refractivity contribution in [3.63, 3.8) is 0 Å². The van der Waals surface area contributed by atoms with Crippen molar-refractivity contribution in [2.75, 3.05) is 18.5 Å². The molecule has 30 heavy (non-hydrogen) atoms. The van der Waals surface area contributed by atoms with Crippen molar-refractivity contribution in [3.8, 4) is 11.5 Å². The molecule has 8 heteroatoms. The molecule has 0 atom stereocenters. The molecule has 0 amide bonds. The van der Waals surface area contributed by atoms with Crippen LogP contribution in [0.15, 0.2) is 47.1 Å². The van der Waals surface area contributed by atoms with Gasteiger partial charge in [0.25, 0.3) is 5.89 Å². The number of benzene rings is 1. The molecule has 1 fully saturated rings. The first-order valence-corrected chi connectivity index (χ1v) is 10.4. The highest BCUT2D eigenvalue weighted by molar-refractivity contribution is 5.90. The average molecular weight is 404 g/mol. The molecule has 0 saturated carbocycles. The van der Waals surface area contributed by atoms with Gasteiger partial charge in [-0.05, 0) is 31.4 Å². The number of hydrogen-bond acceptors (Lipinski definition) is 7. The highest BCUT2D eigenvalue weighted by Crippen LogP contribution is 2.28. The molecule has 154 valence electrons. The molecule has 0 radical (unpaired) electrons. The molecule has 4 aromatic rings. The van der Waals surface area contributed by atoms with Gasteiger partial charge in [0.05, 0.1) is 10.9 Å². The van der Waals surface area contributed by atoms with Crippen molar-refractivity contribution in [3.05, 3.63) is 54.0 Å². The van der Waals surface area contributed by atoms with Gasteiger partial charge in [0, 0.05) is 38.4 Å². The quantitative estimate of drug-likeness (QED) is 0.524. The first-order valence-electron chi connectivity index (χ1n) is 10.4. The summed E-state index contributed by atoms with van der Waals surface area (Å²) in [4.78, 5) is 9.22. The lowest BCUT2D eigenvalue weighted by molar-refractivity contribution is 0.0904. The molecular formula is C22H24N6O2. The van der Waals surface area contributed by atoms with Gasteiger partial charge in [0.1, 0.15) is 0 Å². The maximum Gasteiger partial charge on any atom is 0.259 e. The zero-order valence-corrected chi connectivity index (χ0v) is 16.9. The molecule has 1 aromatic carbocycles. The topological polar surface area (TPSA) is 90.9 Å². The fourth-order valence-electron chi connectivity index (χ4n) is 3.76. The number of nitrogens with zero attached hydrogens (tertiary/aromatic N) is 5. The van der Waals surface area contributed by atoms with E-state index in [1.807, 2.05) is 28.9 Å². The highest BCUT2D eigenvalue weighted by Gasteiger charge is 2.19. The summed E-state index contributed by atoms with van der Waals surface area (Å²) in [5.74, 6) is 1.97. The minimum Gasteiger partial charge on any atom is -0.381 e. The van der Waals surface area contributed by atoms with Crippen LogP contribution in [-0.4, -0.2) is 44.2 Å². The number of pyridine rings is 1. The molecule has 0 spiro atoms. The van der Waals surface area contributed by atoms with Gasteiger partial charge in [-0.2, -0.15) is 10.1 Å². The second-order valence-electron chi connectivity index (χ2n) is 7.47. The maximum absolute atomic E-state index is 5.53. The zero-order chi connectivity index (χ0) is 20.3. The number of nitrogens with one attached hydrogen (secondary N) is 1. The van der Waals surface area contributed by atoms with Crippen LogP contribution in [0.5, 0.6) is 0 Å². The van der Waals surface area contributed by atoms with Crippen LogP contribution in [0.4, 0.5) is 5.82 Å². The minimum absolute atomic E-state index is 0.353. The monoisotopic (exact) mass is 404 g/mol. The van der Waals surface area contributed by atoms with Gasteiger partial charge >= 0.3 is 0 Å². The summed E-state index contributed by atoms with van der Waals surface area (Å²) in [6.07, 6.45) is 4.35. The van der Waals surface area contributed by atoms with Gasteiger partial charge in [-0.25, -0.2) is 9.67 Å². The van der Waals surface area contributed by atoms with E-state index < -0.39 is 0 Å². The maximum atomic E-state index is 5.53. The molecule has 1 aliphatic heterocycles. The van der Waals surface area contributed by atoms with E-state index in [4.69, 9.17) is 14.4 Å². The lowest BCUT2D eigenvalue weighted by Gasteiger charge is -2.23. The number of aromatic nitrogens is 5. The SMILES string of the molecule is CCn1nc(NC2CCOCC2)c2cc(-c3nc(Cc4ccccc4)no3)cnc21. The van der Waals surface area contributed by atoms with Crippen LogP contribution in [0.3, 0.4) is 0 Å². The molecule has 0 bridgehead atoms. The van der Waals surface area contributed by atoms with E-state index in [-0.39, 0.29) is 0 Å². The van der Waals surface area contributed by atoms with Crippen LogP contribution in [0.25, 0.3) is 22.5 Å². The Morgan fingerprint density at radius 2 is 2.00 bits per heavy atom. The Kier molecular flexibility index (Phi) is 5.15. The van der Waals surface area contributed by atoms with Gasteiger partial charge in [0.2, 0.25) is 0 Å². The average Bonchev–Trinajstić information content (AvgIpc) is 3.39. The van der Waals surface area contributed by atoms with E-state index in [1.54, 1.807) is 6.20 Å². The molecule has 1 N–H and O–H groups in total. The molecule has 1 saturated heterocycles. The molecule has 0 unspecified atom stereocenters. The first kappa shape index (κ1) is 18.7. The third-order valence-corrected chi connectivity index (χ3v) is 5.37. The number of aryl methyl sites for hydroxylation is 1. The van der Waals surface area contributed by atoms with Crippen LogP contribution in [0.2, 0.25) is 0 Å². The summed E-state index contributed by atoms with van der Waals surface area (Å²) < 4.78 is 12.9. The summed E-state index contributed by atoms with van der Waals surface area (Å²) in [5, 5.41) is 13.4. The number of ether oxygens (including phenoxy) is 1. The molecule has 8 nitrogen and oxygen atoms in total. The summed E-state index contributed by atoms with van der Waals surface area (Å²) in [6, 6.07) is 12.5. The normalized spacial score (nSPS) is 15.0. The smallest absolute Gasteiger partial charge is 0.259 e. The first-order chi connectivity index (χ1) is 14.8. The Morgan fingerprint density at radius 1 is 1.17 bits per heavy atom. The van der Waals surface area contributed by atoms with Gasteiger partial charge in [-0.15, -0.1) is 0 Å². The fraction of sp³-hybridized carbons (Fsp3) is 0.364. The summed E-state index contributed by atoms with van der Waals surface area (Å²) in [7, 11) is 0. The number of fused-ring (bicyclic) bond motifs is 1. The van der Waals surface area contributed by atoms with E-state index in [0.29, 0.717) is 24.2 Å². The van der Waals surface area contributed by atoms with E-state index in [1.165, 1.54) is 0 Å². The van der Waals surface area contributed by atoms with Crippen molar-refractivity contribution in [1.82, 2.24) is 24.9 Å². The predicted molar refractivity (Wildman–Crippen MR) is 113 cm³/mol. The zero-order valence-electron chi connectivity index (χ0n) is 16.9. The Balaban J connectivity index is 1.44. The molecule has 3 aromatic heterocycles. The largest absolute Gasteiger partial charge is 0.381 e. The van der Waals surface area contributed by atoms with Gasteiger partial charge in [0.15, 0.2) is 17.3 Å². The third kappa shape index (κ3) is 3.78. The molecule has 5 rings (SSSR count). The van der Waals surface area contributed by atoms with Crippen LogP contribution in [0, 0.1) is 0 Å². The molecular weight excluding hydrogens is 380 g/mol. The van der Waals surface area contributed by atoms with E-state index >= 15 is 0 Å². The number of anilines is 1. The van der Waals surface area contributed by atoms with Crippen molar-refractivity contribution in [2.45, 2.75) is 38.8 Å². The summed E-state index contributed by atoms with van der Waals surface area (Å²) in [5.41, 5.74) is 2.78. The van der Waals surface area contributed by atoms with E-state index in [2.05, 4.69) is 39.5 Å². The Labute approximate surface area is 174 Å². The Morgan fingerprint density at radius 3 is 2.80 bits per heavy atom. The third-order valence-electron chi connectivity index (χ3n) is 5.37. The predicted octanol–water partition coefficient (Wildman–Crippen LogP) is 3.68. The Hall–Kier alpha value is -3.26. The van der Waals surface area contributed by atoms with Crippen molar-refractivity contribution >= 4 is 16.9 Å². The highest BCUT2D eigenvalue weighted by atomic mass is 16.5. The second kappa shape index (κ2) is 8.23. The lowest BCUT2D eigenvalue weighted by atomic mass is 10.1. The standard InChI is InChI=1S/C22H24N6O2/c1-2-28-21-18(20(26-28)24-17-8-10-29-11-9-17)13-16(14-23-21)22-25-19(27-30-22)12-15-6-4-3-5-7-15/h3-7,13-14,17H,2,8-12H2,1H3,(H,24,26). The lowest BCUT2D eigenvalue weighted by Crippen LogP contribution is -2.28. The Bertz CT molecular complexity index is 1130. The van der Waals surface area contributed by atoms with Crippen molar-refractivity contribution in [2.24, 2.45) is 0 Å². The molecule has 0 aliphatic carbocycles. The van der Waals surface area contributed by atoms with Gasteiger partial charge in [-0.1, -0.05) is 35.5 Å². The molecule has 1 aliphatic rings. The van der Waals surface area contributed by atoms with Crippen LogP contribution < -0.4 is 5.32 Å². The number of hydrogen-bond donors (Lipinski definition) is 1.